The van der Waals surface area contributed by atoms with E-state index in [1.54, 1.807) is 0 Å². The molecule has 0 aliphatic carbocycles. The highest BCUT2D eigenvalue weighted by atomic mass is 16.2. The second-order valence-corrected chi connectivity index (χ2v) is 18.8. The number of imidazole rings is 1. The molecular weight excluding hydrogens is 719 g/mol. The molecule has 1 N–H and O–H groups in total. The largest absolute Gasteiger partial charge is 0.341 e. The predicted octanol–water partition coefficient (Wildman–Crippen LogP) is 4.18. The minimum absolute atomic E-state index is 0.0227. The number of nitrogens with zero attached hydrogens (tertiary/aromatic N) is 8. The molecule has 2 unspecified atom stereocenters. The number of likely N-dealkylation sites (N-methyl/N-ethyl adjacent to an activating group) is 1. The number of rotatable bonds is 16. The summed E-state index contributed by atoms with van der Waals surface area (Å²) >= 11 is 0. The van der Waals surface area contributed by atoms with E-state index in [-0.39, 0.29) is 47.4 Å². The van der Waals surface area contributed by atoms with Crippen molar-refractivity contribution < 1.29 is 19.2 Å². The fourth-order valence-electron chi connectivity index (χ4n) is 9.67. The van der Waals surface area contributed by atoms with Crippen LogP contribution in [0.5, 0.6) is 0 Å². The van der Waals surface area contributed by atoms with Crippen molar-refractivity contribution in [3.8, 4) is 6.07 Å². The van der Waals surface area contributed by atoms with Gasteiger partial charge in [0, 0.05) is 84.6 Å². The molecule has 0 bridgehead atoms. The highest BCUT2D eigenvalue weighted by Crippen LogP contribution is 2.31. The number of carbonyl (C=O) groups is 4. The minimum Gasteiger partial charge on any atom is -0.341 e. The minimum atomic E-state index is -0.554. The highest BCUT2D eigenvalue weighted by molar-refractivity contribution is 5.91. The molecule has 57 heavy (non-hydrogen) atoms. The first-order chi connectivity index (χ1) is 27.2. The van der Waals surface area contributed by atoms with Gasteiger partial charge in [-0.2, -0.15) is 5.26 Å². The highest BCUT2D eigenvalue weighted by Gasteiger charge is 2.43. The molecule has 318 valence electrons. The fraction of sp³-hybridized carbons (Fsp3) is 0.818. The van der Waals surface area contributed by atoms with Crippen molar-refractivity contribution in [2.75, 3.05) is 59.4 Å². The first-order valence-corrected chi connectivity index (χ1v) is 22.1. The van der Waals surface area contributed by atoms with E-state index >= 15 is 0 Å². The Kier molecular flexibility index (Phi) is 16.0. The molecule has 5 heterocycles. The van der Waals surface area contributed by atoms with Crippen LogP contribution in [0.3, 0.4) is 0 Å². The van der Waals surface area contributed by atoms with E-state index in [9.17, 15) is 19.2 Å². The summed E-state index contributed by atoms with van der Waals surface area (Å²) in [5, 5.41) is 12.7. The third-order valence-electron chi connectivity index (χ3n) is 13.6. The Morgan fingerprint density at radius 2 is 1.37 bits per heavy atom. The molecular formula is C44H73N9O4. The van der Waals surface area contributed by atoms with E-state index in [1.807, 2.05) is 46.1 Å². The van der Waals surface area contributed by atoms with Crippen LogP contribution in [-0.4, -0.2) is 141 Å². The molecule has 0 aromatic carbocycles. The summed E-state index contributed by atoms with van der Waals surface area (Å²) in [7, 11) is 4.05. The zero-order valence-electron chi connectivity index (χ0n) is 36.4. The van der Waals surface area contributed by atoms with Gasteiger partial charge in [-0.3, -0.25) is 24.1 Å². The Morgan fingerprint density at radius 3 is 1.93 bits per heavy atom. The Morgan fingerprint density at radius 1 is 0.772 bits per heavy atom. The molecule has 4 fully saturated rings. The maximum atomic E-state index is 14.7. The van der Waals surface area contributed by atoms with Crippen molar-refractivity contribution in [1.29, 1.82) is 5.26 Å². The summed E-state index contributed by atoms with van der Waals surface area (Å²) in [6, 6.07) is 0.557. The number of aromatic nitrogens is 2. The van der Waals surface area contributed by atoms with Crippen LogP contribution < -0.4 is 5.32 Å². The van der Waals surface area contributed by atoms with Gasteiger partial charge in [0.15, 0.2) is 0 Å². The van der Waals surface area contributed by atoms with E-state index in [1.165, 1.54) is 0 Å². The topological polar surface area (TPSA) is 138 Å². The molecule has 5 rings (SSSR count). The molecule has 4 aliphatic rings. The number of nitriles is 1. The van der Waals surface area contributed by atoms with Gasteiger partial charge in [0.25, 0.3) is 0 Å². The molecule has 0 spiro atoms. The molecule has 4 amide bonds. The van der Waals surface area contributed by atoms with Gasteiger partial charge in [-0.1, -0.05) is 41.5 Å². The molecule has 6 atom stereocenters. The predicted molar refractivity (Wildman–Crippen MR) is 221 cm³/mol. The van der Waals surface area contributed by atoms with Crippen molar-refractivity contribution in [2.45, 2.75) is 130 Å². The smallest absolute Gasteiger partial charge is 0.245 e. The van der Waals surface area contributed by atoms with Gasteiger partial charge in [-0.15, -0.1) is 0 Å². The molecule has 13 nitrogen and oxygen atoms in total. The number of piperidine rings is 2. The maximum absolute atomic E-state index is 14.7. The van der Waals surface area contributed by atoms with Crippen LogP contribution in [0.4, 0.5) is 0 Å². The first-order valence-electron chi connectivity index (χ1n) is 22.1. The van der Waals surface area contributed by atoms with Crippen LogP contribution in [0.1, 0.15) is 105 Å². The Hall–Kier alpha value is -3.50. The lowest BCUT2D eigenvalue weighted by atomic mass is 9.83. The maximum Gasteiger partial charge on any atom is 0.245 e. The monoisotopic (exact) mass is 792 g/mol. The molecule has 0 saturated carbocycles. The second kappa shape index (κ2) is 20.5. The summed E-state index contributed by atoms with van der Waals surface area (Å²) < 4.78 is 2.07. The third kappa shape index (κ3) is 11.4. The quantitative estimate of drug-likeness (QED) is 0.264. The lowest BCUT2D eigenvalue weighted by Gasteiger charge is -2.45. The number of carbonyl (C=O) groups excluding carboxylic acids is 4. The third-order valence-corrected chi connectivity index (χ3v) is 13.6. The molecule has 4 saturated heterocycles. The van der Waals surface area contributed by atoms with Gasteiger partial charge < -0.3 is 29.5 Å². The summed E-state index contributed by atoms with van der Waals surface area (Å²) in [6.07, 6.45) is 11.2. The van der Waals surface area contributed by atoms with Gasteiger partial charge in [0.2, 0.25) is 23.6 Å². The number of hydrogen-bond acceptors (Lipinski definition) is 8. The zero-order chi connectivity index (χ0) is 41.4. The zero-order valence-corrected chi connectivity index (χ0v) is 36.4. The van der Waals surface area contributed by atoms with Gasteiger partial charge >= 0.3 is 0 Å². The Balaban J connectivity index is 1.27. The number of nitrogens with one attached hydrogen (secondary N) is 1. The van der Waals surface area contributed by atoms with E-state index < -0.39 is 18.1 Å². The summed E-state index contributed by atoms with van der Waals surface area (Å²) in [6.45, 7) is 17.8. The van der Waals surface area contributed by atoms with Crippen LogP contribution in [0.2, 0.25) is 0 Å². The average molecular weight is 792 g/mol. The van der Waals surface area contributed by atoms with Gasteiger partial charge in [-0.05, 0) is 93.9 Å². The number of amides is 4. The molecule has 13 heteroatoms. The number of aryl methyl sites for hydroxylation is 1. The van der Waals surface area contributed by atoms with Crippen LogP contribution in [0, 0.1) is 46.8 Å². The first kappa shape index (κ1) is 44.6. The van der Waals surface area contributed by atoms with Gasteiger partial charge in [0.1, 0.15) is 17.9 Å². The van der Waals surface area contributed by atoms with Crippen molar-refractivity contribution in [1.82, 2.24) is 39.4 Å². The second-order valence-electron chi connectivity index (χ2n) is 18.8. The number of piperazine rings is 2. The van der Waals surface area contributed by atoms with Crippen molar-refractivity contribution in [3.05, 3.63) is 18.2 Å². The molecule has 1 aromatic rings. The standard InChI is InChI=1S/C44H73N9O4/c1-30(2)25-37-44(57)53(24-23-48(37)7)39(43(56)51-19-12-35(13-20-51)29-40-47-15-21-49(40)8)28-33(6)32(5)27-36-41(54)52(22-16-46-36)38(26-31(3)4)42(55)50-17-10-34(9-14-45)11-18-50/h15,21,30-39,46H,9-13,16-20,22-29H2,1-8H3/t32?,33?,36-,37-,38-,39-/m0/s1. The van der Waals surface area contributed by atoms with E-state index in [2.05, 4.69) is 67.4 Å². The number of likely N-dealkylation sites (tertiary alicyclic amines) is 2. The normalized spacial score (nSPS) is 24.2. The van der Waals surface area contributed by atoms with Crippen LogP contribution in [-0.2, 0) is 32.6 Å². The lowest BCUT2D eigenvalue weighted by molar-refractivity contribution is -0.154. The van der Waals surface area contributed by atoms with Crippen LogP contribution in [0.15, 0.2) is 12.4 Å². The van der Waals surface area contributed by atoms with Crippen LogP contribution in [0.25, 0.3) is 0 Å². The summed E-state index contributed by atoms with van der Waals surface area (Å²) in [5.74, 6) is 2.71. The van der Waals surface area contributed by atoms with Crippen LogP contribution >= 0.6 is 0 Å². The van der Waals surface area contributed by atoms with Crippen molar-refractivity contribution in [3.63, 3.8) is 0 Å². The fourth-order valence-corrected chi connectivity index (χ4v) is 9.67. The summed E-state index contributed by atoms with van der Waals surface area (Å²) in [4.78, 5) is 71.6. The molecule has 1 aromatic heterocycles. The van der Waals surface area contributed by atoms with Gasteiger partial charge in [-0.25, -0.2) is 4.98 Å². The summed E-state index contributed by atoms with van der Waals surface area (Å²) in [5.41, 5.74) is 0. The van der Waals surface area contributed by atoms with Crippen molar-refractivity contribution in [2.24, 2.45) is 42.6 Å². The van der Waals surface area contributed by atoms with Gasteiger partial charge in [0.05, 0.1) is 18.2 Å². The molecule has 0 radical (unpaired) electrons. The molecule has 4 aliphatic heterocycles. The van der Waals surface area contributed by atoms with E-state index in [0.29, 0.717) is 89.3 Å². The Bertz CT molecular complexity index is 1540. The Labute approximate surface area is 342 Å². The average Bonchev–Trinajstić information content (AvgIpc) is 3.59. The SMILES string of the molecule is CC(C)C[C@H]1C(=O)N([C@@H](CC(C)C(C)C[C@@H]2NCCN([C@@H](CC(C)C)C(=O)N3CCC(CC#N)CC3)C2=O)C(=O)N2CCC(Cc3nccn3C)CC2)CCN1C. The lowest BCUT2D eigenvalue weighted by Crippen LogP contribution is -2.63. The number of hydrogen-bond donors (Lipinski definition) is 1. The van der Waals surface area contributed by atoms with E-state index in [4.69, 9.17) is 5.26 Å². The van der Waals surface area contributed by atoms with Crippen molar-refractivity contribution >= 4 is 23.6 Å². The van der Waals surface area contributed by atoms with E-state index in [0.717, 1.165) is 50.9 Å².